The van der Waals surface area contributed by atoms with Gasteiger partial charge in [-0.1, -0.05) is 34.8 Å². The Hall–Kier alpha value is -1.89. The number of anilines is 1. The molecule has 0 bridgehead atoms. The van der Waals surface area contributed by atoms with E-state index >= 15 is 0 Å². The highest BCUT2D eigenvalue weighted by atomic mass is 35.5. The smallest absolute Gasteiger partial charge is 0.339 e. The zero-order valence-electron chi connectivity index (χ0n) is 10.1. The number of carbonyl (C=O) groups is 2. The molecular formula is C12H6Cl3N3O3. The van der Waals surface area contributed by atoms with Gasteiger partial charge < -0.3 is 10.4 Å². The molecule has 2 aromatic rings. The number of carbonyl (C=O) groups excluding carboxylic acids is 1. The largest absolute Gasteiger partial charge is 0.478 e. The number of halogens is 3. The van der Waals surface area contributed by atoms with E-state index in [4.69, 9.17) is 39.9 Å². The number of nitrogens with one attached hydrogen (secondary N) is 1. The first-order chi connectivity index (χ1) is 9.90. The van der Waals surface area contributed by atoms with Gasteiger partial charge in [0, 0.05) is 0 Å². The third-order valence-corrected chi connectivity index (χ3v) is 3.21. The molecule has 0 unspecified atom stereocenters. The number of rotatable bonds is 3. The van der Waals surface area contributed by atoms with Crippen molar-refractivity contribution >= 4 is 52.4 Å². The summed E-state index contributed by atoms with van der Waals surface area (Å²) in [6.45, 7) is 0. The summed E-state index contributed by atoms with van der Waals surface area (Å²) in [4.78, 5) is 30.7. The van der Waals surface area contributed by atoms with E-state index in [9.17, 15) is 9.59 Å². The summed E-state index contributed by atoms with van der Waals surface area (Å²) in [5.41, 5.74) is -0.522. The van der Waals surface area contributed by atoms with Gasteiger partial charge in [0.25, 0.3) is 5.91 Å². The van der Waals surface area contributed by atoms with Crippen LogP contribution in [0.4, 0.5) is 5.69 Å². The minimum Gasteiger partial charge on any atom is -0.478 e. The van der Waals surface area contributed by atoms with Gasteiger partial charge in [-0.25, -0.2) is 9.78 Å². The first-order valence-electron chi connectivity index (χ1n) is 5.40. The molecule has 2 N–H and O–H groups in total. The van der Waals surface area contributed by atoms with Crippen molar-refractivity contribution in [3.05, 3.63) is 51.0 Å². The predicted molar refractivity (Wildman–Crippen MR) is 78.4 cm³/mol. The van der Waals surface area contributed by atoms with Crippen LogP contribution in [-0.2, 0) is 0 Å². The van der Waals surface area contributed by atoms with E-state index in [1.54, 1.807) is 0 Å². The lowest BCUT2D eigenvalue weighted by Crippen LogP contribution is -2.17. The minimum absolute atomic E-state index is 0.0262. The molecule has 1 aromatic heterocycles. The van der Waals surface area contributed by atoms with E-state index in [1.165, 1.54) is 24.5 Å². The highest BCUT2D eigenvalue weighted by Gasteiger charge is 2.20. The summed E-state index contributed by atoms with van der Waals surface area (Å²) in [5.74, 6) is -2.04. The lowest BCUT2D eigenvalue weighted by molar-refractivity contribution is 0.0698. The second-order valence-corrected chi connectivity index (χ2v) is 4.97. The van der Waals surface area contributed by atoms with Crippen LogP contribution in [0.15, 0.2) is 24.5 Å². The average Bonchev–Trinajstić information content (AvgIpc) is 2.42. The van der Waals surface area contributed by atoms with Gasteiger partial charge in [0.2, 0.25) is 0 Å². The molecule has 6 nitrogen and oxygen atoms in total. The van der Waals surface area contributed by atoms with Crippen molar-refractivity contribution in [2.24, 2.45) is 0 Å². The Balaban J connectivity index is 2.42. The Kier molecular flexibility index (Phi) is 4.62. The first-order valence-corrected chi connectivity index (χ1v) is 6.53. The van der Waals surface area contributed by atoms with E-state index in [0.717, 1.165) is 0 Å². The molecule has 21 heavy (non-hydrogen) atoms. The summed E-state index contributed by atoms with van der Waals surface area (Å²) < 4.78 is 0. The molecule has 0 fully saturated rings. The number of aromatic carboxylic acids is 1. The van der Waals surface area contributed by atoms with Crippen molar-refractivity contribution in [2.75, 3.05) is 5.32 Å². The topological polar surface area (TPSA) is 92.2 Å². The van der Waals surface area contributed by atoms with Crippen molar-refractivity contribution in [1.29, 1.82) is 0 Å². The van der Waals surface area contributed by atoms with Crippen molar-refractivity contribution < 1.29 is 14.7 Å². The molecule has 0 spiro atoms. The maximum absolute atomic E-state index is 12.0. The van der Waals surface area contributed by atoms with Crippen molar-refractivity contribution in [2.45, 2.75) is 0 Å². The van der Waals surface area contributed by atoms with E-state index in [1.807, 2.05) is 0 Å². The Morgan fingerprint density at radius 1 is 1.10 bits per heavy atom. The van der Waals surface area contributed by atoms with Gasteiger partial charge in [0.05, 0.1) is 28.1 Å². The summed E-state index contributed by atoms with van der Waals surface area (Å²) in [7, 11) is 0. The van der Waals surface area contributed by atoms with Gasteiger partial charge in [0.15, 0.2) is 0 Å². The molecule has 0 aliphatic carbocycles. The van der Waals surface area contributed by atoms with Gasteiger partial charge >= 0.3 is 5.97 Å². The number of benzene rings is 1. The van der Waals surface area contributed by atoms with Crippen LogP contribution in [0, 0.1) is 0 Å². The van der Waals surface area contributed by atoms with Crippen LogP contribution in [0.1, 0.15) is 20.8 Å². The lowest BCUT2D eigenvalue weighted by atomic mass is 10.1. The summed E-state index contributed by atoms with van der Waals surface area (Å²) in [5, 5.41) is 11.5. The molecule has 0 saturated carbocycles. The van der Waals surface area contributed by atoms with Crippen LogP contribution in [0.2, 0.25) is 15.2 Å². The maximum atomic E-state index is 12.0. The second-order valence-electron chi connectivity index (χ2n) is 3.77. The van der Waals surface area contributed by atoms with Crippen LogP contribution >= 0.6 is 34.8 Å². The number of nitrogens with zero attached hydrogens (tertiary/aromatic N) is 2. The quantitative estimate of drug-likeness (QED) is 0.888. The molecule has 0 saturated heterocycles. The summed E-state index contributed by atoms with van der Waals surface area (Å²) >= 11 is 17.4. The van der Waals surface area contributed by atoms with E-state index in [2.05, 4.69) is 15.3 Å². The molecule has 1 aromatic carbocycles. The molecule has 1 amide bonds. The van der Waals surface area contributed by atoms with E-state index < -0.39 is 11.9 Å². The predicted octanol–water partition coefficient (Wildman–Crippen LogP) is 3.39. The Morgan fingerprint density at radius 2 is 1.76 bits per heavy atom. The fraction of sp³-hybridized carbons (Fsp3) is 0. The Morgan fingerprint density at radius 3 is 2.38 bits per heavy atom. The van der Waals surface area contributed by atoms with Crippen LogP contribution in [0.5, 0.6) is 0 Å². The molecule has 0 atom stereocenters. The highest BCUT2D eigenvalue weighted by Crippen LogP contribution is 2.32. The molecule has 2 rings (SSSR count). The van der Waals surface area contributed by atoms with Gasteiger partial charge in [0.1, 0.15) is 16.4 Å². The fourth-order valence-electron chi connectivity index (χ4n) is 1.51. The minimum atomic E-state index is -1.32. The SMILES string of the molecule is O=C(Nc1c(Cl)ccc(Cl)c1C(=O)O)c1cncc(Cl)n1. The van der Waals surface area contributed by atoms with Crippen LogP contribution in [0.25, 0.3) is 0 Å². The van der Waals surface area contributed by atoms with Crippen LogP contribution in [-0.4, -0.2) is 27.0 Å². The monoisotopic (exact) mass is 345 g/mol. The molecule has 9 heteroatoms. The Labute approximate surface area is 133 Å². The summed E-state index contributed by atoms with van der Waals surface area (Å²) in [6.07, 6.45) is 2.44. The molecule has 0 radical (unpaired) electrons. The molecule has 108 valence electrons. The van der Waals surface area contributed by atoms with Crippen molar-refractivity contribution in [3.8, 4) is 0 Å². The third-order valence-electron chi connectivity index (χ3n) is 2.39. The van der Waals surface area contributed by atoms with E-state index in [0.29, 0.717) is 0 Å². The van der Waals surface area contributed by atoms with Gasteiger partial charge in [-0.2, -0.15) is 0 Å². The third kappa shape index (κ3) is 3.41. The van der Waals surface area contributed by atoms with Gasteiger partial charge in [-0.05, 0) is 12.1 Å². The zero-order valence-corrected chi connectivity index (χ0v) is 12.4. The maximum Gasteiger partial charge on any atom is 0.339 e. The number of hydrogen-bond donors (Lipinski definition) is 2. The van der Waals surface area contributed by atoms with Crippen molar-refractivity contribution in [1.82, 2.24) is 9.97 Å². The highest BCUT2D eigenvalue weighted by molar-refractivity contribution is 6.38. The average molecular weight is 347 g/mol. The Bertz CT molecular complexity index is 737. The summed E-state index contributed by atoms with van der Waals surface area (Å²) in [6, 6.07) is 2.69. The molecule has 1 heterocycles. The zero-order chi connectivity index (χ0) is 15.6. The number of hydrogen-bond acceptors (Lipinski definition) is 4. The number of carboxylic acids is 1. The molecule has 0 aliphatic heterocycles. The van der Waals surface area contributed by atoms with E-state index in [-0.39, 0.29) is 32.1 Å². The number of aromatic nitrogens is 2. The lowest BCUT2D eigenvalue weighted by Gasteiger charge is -2.11. The van der Waals surface area contributed by atoms with Crippen LogP contribution < -0.4 is 5.32 Å². The second kappa shape index (κ2) is 6.26. The number of amides is 1. The van der Waals surface area contributed by atoms with Crippen LogP contribution in [0.3, 0.4) is 0 Å². The molecule has 0 aliphatic rings. The normalized spacial score (nSPS) is 10.2. The standard InChI is InChI=1S/C12H6Cl3N3O3/c13-5-1-2-6(14)10(9(5)12(20)21)18-11(19)7-3-16-4-8(15)17-7/h1-4H,(H,18,19)(H,20,21). The fourth-order valence-corrected chi connectivity index (χ4v) is 2.10. The van der Waals surface area contributed by atoms with Gasteiger partial charge in [-0.3, -0.25) is 9.78 Å². The first kappa shape index (κ1) is 15.5. The molecular weight excluding hydrogens is 341 g/mol. The number of carboxylic acid groups (broad SMARTS) is 1. The van der Waals surface area contributed by atoms with Gasteiger partial charge in [-0.15, -0.1) is 0 Å². The van der Waals surface area contributed by atoms with Crippen molar-refractivity contribution in [3.63, 3.8) is 0 Å².